The molecular formula is C29H39BrFN3O5. The first-order chi connectivity index (χ1) is 18.2. The number of nitrogens with zero attached hydrogens (tertiary/aromatic N) is 2. The summed E-state index contributed by atoms with van der Waals surface area (Å²) in [4.78, 5) is 17.3. The molecule has 0 bridgehead atoms. The van der Waals surface area contributed by atoms with Gasteiger partial charge in [0, 0.05) is 25.2 Å². The topological polar surface area (TPSA) is 95.3 Å². The highest BCUT2D eigenvalue weighted by molar-refractivity contribution is 8.93. The summed E-state index contributed by atoms with van der Waals surface area (Å²) < 4.78 is 32.3. The molecule has 0 aliphatic carbocycles. The van der Waals surface area contributed by atoms with E-state index >= 15 is 4.39 Å². The summed E-state index contributed by atoms with van der Waals surface area (Å²) in [5, 5.41) is 18.6. The van der Waals surface area contributed by atoms with Gasteiger partial charge in [-0.2, -0.15) is 0 Å². The third kappa shape index (κ3) is 6.17. The number of hydrogen-bond donors (Lipinski definition) is 2. The Balaban J connectivity index is 0.00000420. The number of piperidine rings is 1. The average Bonchev–Trinajstić information content (AvgIpc) is 3.20. The van der Waals surface area contributed by atoms with Crippen LogP contribution in [-0.2, 0) is 6.54 Å². The molecule has 39 heavy (non-hydrogen) atoms. The Kier molecular flexibility index (Phi) is 10.2. The number of aliphatic hydroxyl groups excluding tert-OH is 1. The van der Waals surface area contributed by atoms with Gasteiger partial charge < -0.3 is 29.1 Å². The van der Waals surface area contributed by atoms with E-state index in [1.165, 1.54) is 0 Å². The molecule has 2 aromatic rings. The fourth-order valence-electron chi connectivity index (χ4n) is 5.21. The van der Waals surface area contributed by atoms with Gasteiger partial charge in [0.1, 0.15) is 11.6 Å². The molecule has 0 amide bonds. The number of fused-ring (bicyclic) bond motifs is 1. The summed E-state index contributed by atoms with van der Waals surface area (Å²) in [6.45, 7) is 9.80. The van der Waals surface area contributed by atoms with Crippen molar-refractivity contribution in [1.29, 1.82) is 5.41 Å². The third-order valence-corrected chi connectivity index (χ3v) is 7.16. The van der Waals surface area contributed by atoms with E-state index < -0.39 is 5.82 Å². The second-order valence-electron chi connectivity index (χ2n) is 10.0. The number of anilines is 1. The van der Waals surface area contributed by atoms with Crippen molar-refractivity contribution in [3.05, 3.63) is 46.3 Å². The van der Waals surface area contributed by atoms with E-state index in [1.54, 1.807) is 25.0 Å². The van der Waals surface area contributed by atoms with Crippen LogP contribution in [0.5, 0.6) is 17.2 Å². The maximum Gasteiger partial charge on any atom is 0.197 e. The van der Waals surface area contributed by atoms with Crippen LogP contribution < -0.4 is 19.1 Å². The Morgan fingerprint density at radius 1 is 1.13 bits per heavy atom. The minimum atomic E-state index is -0.631. The molecule has 10 heteroatoms. The standard InChI is InChI=1S/C29H38FN3O5.BrH/c1-6-37-24-14-19-15-33(29(31)25(19)26(30)28(24)38-7-2)16-23(35)18-12-21(17(3)4)27(36-5)22(13-18)32-10-8-20(34)9-11-32;/h12-14,17,20,31,34H,6-11,15-16H2,1-5H3;1H. The molecule has 0 aromatic heterocycles. The Bertz CT molecular complexity index is 1210. The number of carbonyl (C=O) groups excluding carboxylic acids is 1. The molecule has 0 atom stereocenters. The highest BCUT2D eigenvalue weighted by Gasteiger charge is 2.33. The van der Waals surface area contributed by atoms with Crippen molar-refractivity contribution in [3.8, 4) is 17.2 Å². The summed E-state index contributed by atoms with van der Waals surface area (Å²) in [6.07, 6.45) is 0.988. The SMILES string of the molecule is Br.CCOc1cc2c(c(F)c1OCC)C(=N)N(CC(=O)c1cc(C(C)C)c(OC)c(N3CCC(O)CC3)c1)C2. The third-order valence-electron chi connectivity index (χ3n) is 7.16. The van der Waals surface area contributed by atoms with Crippen LogP contribution in [0, 0.1) is 11.2 Å². The second kappa shape index (κ2) is 13.0. The van der Waals surface area contributed by atoms with Crippen LogP contribution in [0.3, 0.4) is 0 Å². The fourth-order valence-corrected chi connectivity index (χ4v) is 5.21. The monoisotopic (exact) mass is 607 g/mol. The van der Waals surface area contributed by atoms with Crippen molar-refractivity contribution < 1.29 is 28.5 Å². The molecular weight excluding hydrogens is 569 g/mol. The Morgan fingerprint density at radius 3 is 2.38 bits per heavy atom. The molecule has 2 heterocycles. The molecule has 0 unspecified atom stereocenters. The van der Waals surface area contributed by atoms with Gasteiger partial charge in [0.05, 0.1) is 44.2 Å². The molecule has 4 rings (SSSR count). The number of aliphatic hydroxyl groups is 1. The molecule has 0 radical (unpaired) electrons. The molecule has 8 nitrogen and oxygen atoms in total. The second-order valence-corrected chi connectivity index (χ2v) is 10.0. The number of nitrogens with one attached hydrogen (secondary N) is 1. The number of rotatable bonds is 10. The number of methoxy groups -OCH3 is 1. The van der Waals surface area contributed by atoms with Crippen molar-refractivity contribution in [1.82, 2.24) is 4.90 Å². The smallest absolute Gasteiger partial charge is 0.197 e. The van der Waals surface area contributed by atoms with Gasteiger partial charge in [-0.05, 0) is 61.9 Å². The number of benzene rings is 2. The average molecular weight is 609 g/mol. The predicted molar refractivity (Wildman–Crippen MR) is 155 cm³/mol. The fraction of sp³-hybridized carbons (Fsp3) is 0.517. The maximum absolute atomic E-state index is 15.4. The van der Waals surface area contributed by atoms with Crippen LogP contribution in [0.4, 0.5) is 10.1 Å². The van der Waals surface area contributed by atoms with Crippen LogP contribution in [0.25, 0.3) is 0 Å². The highest BCUT2D eigenvalue weighted by Crippen LogP contribution is 2.41. The van der Waals surface area contributed by atoms with Crippen molar-refractivity contribution in [2.45, 2.75) is 59.1 Å². The zero-order chi connectivity index (χ0) is 27.6. The van der Waals surface area contributed by atoms with Gasteiger partial charge in [0.15, 0.2) is 23.1 Å². The lowest BCUT2D eigenvalue weighted by atomic mass is 9.95. The van der Waals surface area contributed by atoms with Gasteiger partial charge in [-0.3, -0.25) is 10.2 Å². The predicted octanol–water partition coefficient (Wildman–Crippen LogP) is 5.32. The first kappa shape index (κ1) is 30.7. The van der Waals surface area contributed by atoms with Gasteiger partial charge in [-0.15, -0.1) is 17.0 Å². The Hall–Kier alpha value is -2.85. The molecule has 2 aromatic carbocycles. The zero-order valence-electron chi connectivity index (χ0n) is 23.3. The molecule has 1 fully saturated rings. The van der Waals surface area contributed by atoms with Gasteiger partial charge in [0.25, 0.3) is 0 Å². The zero-order valence-corrected chi connectivity index (χ0v) is 25.0. The Labute approximate surface area is 240 Å². The number of ketones is 1. The van der Waals surface area contributed by atoms with Gasteiger partial charge in [-0.1, -0.05) is 13.8 Å². The van der Waals surface area contributed by atoms with Crippen molar-refractivity contribution in [2.75, 3.05) is 44.9 Å². The molecule has 2 N–H and O–H groups in total. The van der Waals surface area contributed by atoms with Crippen LogP contribution >= 0.6 is 17.0 Å². The first-order valence-electron chi connectivity index (χ1n) is 13.3. The number of ether oxygens (including phenoxy) is 3. The number of amidine groups is 1. The largest absolute Gasteiger partial charge is 0.494 e. The first-order valence-corrected chi connectivity index (χ1v) is 13.3. The molecule has 0 spiro atoms. The summed E-state index contributed by atoms with van der Waals surface area (Å²) in [5.41, 5.74) is 3.02. The van der Waals surface area contributed by atoms with Crippen LogP contribution in [0.1, 0.15) is 73.5 Å². The summed E-state index contributed by atoms with van der Waals surface area (Å²) >= 11 is 0. The summed E-state index contributed by atoms with van der Waals surface area (Å²) in [6, 6.07) is 5.42. The number of Topliss-reactive ketones (excluding diaryl/α,β-unsaturated/α-hetero) is 1. The van der Waals surface area contributed by atoms with E-state index in [0.717, 1.165) is 17.0 Å². The Morgan fingerprint density at radius 2 is 1.79 bits per heavy atom. The van der Waals surface area contributed by atoms with E-state index in [0.29, 0.717) is 49.4 Å². The summed E-state index contributed by atoms with van der Waals surface area (Å²) in [7, 11) is 1.63. The van der Waals surface area contributed by atoms with Crippen molar-refractivity contribution >= 4 is 34.3 Å². The maximum atomic E-state index is 15.4. The lowest BCUT2D eigenvalue weighted by Gasteiger charge is -2.33. The lowest BCUT2D eigenvalue weighted by Crippen LogP contribution is -2.36. The molecule has 214 valence electrons. The van der Waals surface area contributed by atoms with Gasteiger partial charge >= 0.3 is 0 Å². The van der Waals surface area contributed by atoms with E-state index in [-0.39, 0.29) is 71.6 Å². The molecule has 0 saturated carbocycles. The van der Waals surface area contributed by atoms with Crippen LogP contribution in [0.15, 0.2) is 18.2 Å². The normalized spacial score (nSPS) is 15.3. The number of hydrogen-bond acceptors (Lipinski definition) is 7. The molecule has 2 aliphatic heterocycles. The minimum absolute atomic E-state index is 0. The van der Waals surface area contributed by atoms with Crippen LogP contribution in [-0.4, -0.2) is 67.7 Å². The van der Waals surface area contributed by atoms with E-state index in [9.17, 15) is 9.90 Å². The molecule has 1 saturated heterocycles. The molecule has 2 aliphatic rings. The van der Waals surface area contributed by atoms with Crippen molar-refractivity contribution in [3.63, 3.8) is 0 Å². The van der Waals surface area contributed by atoms with E-state index in [1.807, 2.05) is 19.1 Å². The highest BCUT2D eigenvalue weighted by atomic mass is 79.9. The number of halogens is 2. The summed E-state index contributed by atoms with van der Waals surface area (Å²) in [5.74, 6) is 0.318. The van der Waals surface area contributed by atoms with Crippen LogP contribution in [0.2, 0.25) is 0 Å². The number of carbonyl (C=O) groups is 1. The van der Waals surface area contributed by atoms with E-state index in [2.05, 4.69) is 18.7 Å². The minimum Gasteiger partial charge on any atom is -0.494 e. The lowest BCUT2D eigenvalue weighted by molar-refractivity contribution is 0.0962. The van der Waals surface area contributed by atoms with Gasteiger partial charge in [-0.25, -0.2) is 4.39 Å². The van der Waals surface area contributed by atoms with Gasteiger partial charge in [0.2, 0.25) is 0 Å². The van der Waals surface area contributed by atoms with Crippen molar-refractivity contribution in [2.24, 2.45) is 0 Å². The quantitative estimate of drug-likeness (QED) is 0.353. The van der Waals surface area contributed by atoms with E-state index in [4.69, 9.17) is 19.6 Å².